The monoisotopic (exact) mass is 439 g/mol. The number of nitro groups is 1. The van der Waals surface area contributed by atoms with E-state index >= 15 is 0 Å². The van der Waals surface area contributed by atoms with E-state index in [1.54, 1.807) is 36.4 Å². The fourth-order valence-corrected chi connectivity index (χ4v) is 4.31. The van der Waals surface area contributed by atoms with Crippen LogP contribution in [-0.4, -0.2) is 25.8 Å². The maximum Gasteiger partial charge on any atom is 0.271 e. The summed E-state index contributed by atoms with van der Waals surface area (Å²) in [4.78, 5) is 23.1. The number of carbonyl (C=O) groups is 1. The molecule has 9 heteroatoms. The van der Waals surface area contributed by atoms with Gasteiger partial charge in [0.2, 0.25) is 5.91 Å². The van der Waals surface area contributed by atoms with E-state index in [2.05, 4.69) is 5.32 Å². The molecule has 0 atom stereocenters. The van der Waals surface area contributed by atoms with Crippen molar-refractivity contribution in [3.63, 3.8) is 0 Å². The molecule has 0 fully saturated rings. The minimum Gasteiger partial charge on any atom is -0.324 e. The van der Waals surface area contributed by atoms with E-state index in [9.17, 15) is 23.3 Å². The van der Waals surface area contributed by atoms with Crippen molar-refractivity contribution in [1.29, 1.82) is 0 Å². The fraction of sp³-hybridized carbons (Fsp3) is 0.136. The first kappa shape index (κ1) is 22.0. The van der Waals surface area contributed by atoms with E-state index in [1.165, 1.54) is 36.4 Å². The van der Waals surface area contributed by atoms with Gasteiger partial charge >= 0.3 is 0 Å². The summed E-state index contributed by atoms with van der Waals surface area (Å²) in [5, 5.41) is 13.5. The molecule has 160 valence electrons. The number of hydrogen-bond acceptors (Lipinski definition) is 5. The van der Waals surface area contributed by atoms with E-state index in [-0.39, 0.29) is 16.3 Å². The maximum absolute atomic E-state index is 13.3. The third-order valence-electron chi connectivity index (χ3n) is 4.56. The van der Waals surface area contributed by atoms with Crippen molar-refractivity contribution in [2.45, 2.75) is 18.7 Å². The Bertz CT molecular complexity index is 1210. The molecule has 0 saturated heterocycles. The smallest absolute Gasteiger partial charge is 0.271 e. The topological polar surface area (TPSA) is 110 Å². The first-order valence-corrected chi connectivity index (χ1v) is 10.8. The lowest BCUT2D eigenvalue weighted by molar-refractivity contribution is -0.384. The molecule has 1 N–H and O–H groups in total. The van der Waals surface area contributed by atoms with Crippen molar-refractivity contribution in [3.05, 3.63) is 94.0 Å². The highest BCUT2D eigenvalue weighted by molar-refractivity contribution is 7.92. The molecular formula is C22H21N3O5S. The molecule has 31 heavy (non-hydrogen) atoms. The number of nitro benzene ring substituents is 1. The molecule has 3 aromatic carbocycles. The number of non-ortho nitro benzene ring substituents is 1. The van der Waals surface area contributed by atoms with Crippen molar-refractivity contribution in [1.82, 2.24) is 0 Å². The zero-order valence-corrected chi connectivity index (χ0v) is 17.8. The summed E-state index contributed by atoms with van der Waals surface area (Å²) in [5.41, 5.74) is 2.21. The molecule has 0 aromatic heterocycles. The Morgan fingerprint density at radius 2 is 1.55 bits per heavy atom. The zero-order valence-electron chi connectivity index (χ0n) is 17.0. The van der Waals surface area contributed by atoms with Gasteiger partial charge in [0.05, 0.1) is 15.5 Å². The predicted octanol–water partition coefficient (Wildman–Crippen LogP) is 4.05. The van der Waals surface area contributed by atoms with Gasteiger partial charge in [-0.1, -0.05) is 41.5 Å². The van der Waals surface area contributed by atoms with Crippen LogP contribution >= 0.6 is 0 Å². The summed E-state index contributed by atoms with van der Waals surface area (Å²) in [6.07, 6.45) is 0. The van der Waals surface area contributed by atoms with Crippen LogP contribution in [0.4, 0.5) is 17.1 Å². The average Bonchev–Trinajstić information content (AvgIpc) is 2.73. The average molecular weight is 439 g/mol. The minimum atomic E-state index is -4.03. The lowest BCUT2D eigenvalue weighted by atomic mass is 10.2. The van der Waals surface area contributed by atoms with E-state index in [0.717, 1.165) is 15.4 Å². The molecule has 0 bridgehead atoms. The molecular weight excluding hydrogens is 418 g/mol. The summed E-state index contributed by atoms with van der Waals surface area (Å²) < 4.78 is 27.7. The predicted molar refractivity (Wildman–Crippen MR) is 119 cm³/mol. The molecule has 3 aromatic rings. The number of amides is 1. The maximum atomic E-state index is 13.3. The summed E-state index contributed by atoms with van der Waals surface area (Å²) in [6.45, 7) is 3.22. The summed E-state index contributed by atoms with van der Waals surface area (Å²) in [5.74, 6) is -0.628. The molecule has 0 heterocycles. The minimum absolute atomic E-state index is 0.0572. The molecule has 0 radical (unpaired) electrons. The number of nitrogens with zero attached hydrogens (tertiary/aromatic N) is 2. The third kappa shape index (κ3) is 5.26. The SMILES string of the molecule is Cc1ccc(N(CC(=O)Nc2cccc([N+](=O)[O-])c2)S(=O)(=O)c2ccc(C)cc2)cc1. The van der Waals surface area contributed by atoms with Crippen molar-refractivity contribution in [3.8, 4) is 0 Å². The third-order valence-corrected chi connectivity index (χ3v) is 6.35. The number of hydrogen-bond donors (Lipinski definition) is 1. The highest BCUT2D eigenvalue weighted by atomic mass is 32.2. The van der Waals surface area contributed by atoms with E-state index in [4.69, 9.17) is 0 Å². The Kier molecular flexibility index (Phi) is 6.36. The Balaban J connectivity index is 1.92. The molecule has 0 aliphatic heterocycles. The molecule has 0 saturated carbocycles. The highest BCUT2D eigenvalue weighted by Crippen LogP contribution is 2.25. The van der Waals surface area contributed by atoms with Gasteiger partial charge in [-0.3, -0.25) is 19.2 Å². The van der Waals surface area contributed by atoms with Crippen molar-refractivity contribution in [2.75, 3.05) is 16.2 Å². The van der Waals surface area contributed by atoms with Crippen LogP contribution in [0.1, 0.15) is 11.1 Å². The number of carbonyl (C=O) groups excluding carboxylic acids is 1. The molecule has 3 rings (SSSR count). The molecule has 0 spiro atoms. The second kappa shape index (κ2) is 8.97. The number of aryl methyl sites for hydroxylation is 2. The lowest BCUT2D eigenvalue weighted by Crippen LogP contribution is -2.38. The van der Waals surface area contributed by atoms with E-state index < -0.39 is 27.4 Å². The number of rotatable bonds is 7. The lowest BCUT2D eigenvalue weighted by Gasteiger charge is -2.24. The Morgan fingerprint density at radius 3 is 2.13 bits per heavy atom. The van der Waals surface area contributed by atoms with Gasteiger partial charge in [-0.15, -0.1) is 0 Å². The van der Waals surface area contributed by atoms with Crippen LogP contribution in [0.25, 0.3) is 0 Å². The van der Waals surface area contributed by atoms with Gasteiger partial charge in [0.1, 0.15) is 6.54 Å². The van der Waals surface area contributed by atoms with Crippen LogP contribution < -0.4 is 9.62 Å². The van der Waals surface area contributed by atoms with Gasteiger partial charge in [-0.25, -0.2) is 8.42 Å². The molecule has 8 nitrogen and oxygen atoms in total. The molecule has 1 amide bonds. The van der Waals surface area contributed by atoms with Gasteiger partial charge in [-0.2, -0.15) is 0 Å². The van der Waals surface area contributed by atoms with E-state index in [1.807, 2.05) is 13.8 Å². The summed E-state index contributed by atoms with van der Waals surface area (Å²) >= 11 is 0. The number of benzene rings is 3. The van der Waals surface area contributed by atoms with Gasteiger partial charge < -0.3 is 5.32 Å². The van der Waals surface area contributed by atoms with Gasteiger partial charge in [-0.05, 0) is 44.2 Å². The number of nitrogens with one attached hydrogen (secondary N) is 1. The Morgan fingerprint density at radius 1 is 0.968 bits per heavy atom. The highest BCUT2D eigenvalue weighted by Gasteiger charge is 2.27. The second-order valence-electron chi connectivity index (χ2n) is 7.02. The largest absolute Gasteiger partial charge is 0.324 e. The van der Waals surface area contributed by atoms with Gasteiger partial charge in [0.15, 0.2) is 0 Å². The van der Waals surface area contributed by atoms with Crippen LogP contribution in [-0.2, 0) is 14.8 Å². The quantitative estimate of drug-likeness (QED) is 0.441. The Labute approximate surface area is 180 Å². The first-order chi connectivity index (χ1) is 14.7. The van der Waals surface area contributed by atoms with Crippen LogP contribution in [0.15, 0.2) is 77.7 Å². The first-order valence-electron chi connectivity index (χ1n) is 9.37. The molecule has 0 unspecified atom stereocenters. The van der Waals surface area contributed by atoms with Crippen LogP contribution in [0.5, 0.6) is 0 Å². The van der Waals surface area contributed by atoms with Gasteiger partial charge in [0, 0.05) is 17.8 Å². The number of anilines is 2. The van der Waals surface area contributed by atoms with Crippen molar-refractivity contribution in [2.24, 2.45) is 0 Å². The standard InChI is InChI=1S/C22H21N3O5S/c1-16-6-10-19(11-7-16)24(31(29,30)21-12-8-17(2)9-13-21)15-22(26)23-18-4-3-5-20(14-18)25(27)28/h3-14H,15H2,1-2H3,(H,23,26). The molecule has 0 aliphatic rings. The normalized spacial score (nSPS) is 11.0. The van der Waals surface area contributed by atoms with Gasteiger partial charge in [0.25, 0.3) is 15.7 Å². The van der Waals surface area contributed by atoms with Crippen molar-refractivity contribution < 1.29 is 18.1 Å². The second-order valence-corrected chi connectivity index (χ2v) is 8.88. The fourth-order valence-electron chi connectivity index (χ4n) is 2.89. The van der Waals surface area contributed by atoms with Crippen LogP contribution in [0.3, 0.4) is 0 Å². The Hall–Kier alpha value is -3.72. The number of sulfonamides is 1. The van der Waals surface area contributed by atoms with Crippen LogP contribution in [0.2, 0.25) is 0 Å². The summed E-state index contributed by atoms with van der Waals surface area (Å²) in [7, 11) is -4.03. The molecule has 0 aliphatic carbocycles. The summed E-state index contributed by atoms with van der Waals surface area (Å²) in [6, 6.07) is 18.6. The van der Waals surface area contributed by atoms with Crippen LogP contribution in [0, 0.1) is 24.0 Å². The van der Waals surface area contributed by atoms with E-state index in [0.29, 0.717) is 5.69 Å². The van der Waals surface area contributed by atoms with Crippen molar-refractivity contribution >= 4 is 33.0 Å². The zero-order chi connectivity index (χ0) is 22.6.